The van der Waals surface area contributed by atoms with Crippen molar-refractivity contribution in [1.82, 2.24) is 9.88 Å². The molecule has 1 atom stereocenters. The zero-order valence-corrected chi connectivity index (χ0v) is 17.1. The fourth-order valence-corrected chi connectivity index (χ4v) is 3.73. The molecule has 0 spiro atoms. The number of likely N-dealkylation sites (tertiary alicyclic amines) is 1. The summed E-state index contributed by atoms with van der Waals surface area (Å²) in [4.78, 5) is 19.4. The van der Waals surface area contributed by atoms with Crippen molar-refractivity contribution in [3.63, 3.8) is 0 Å². The summed E-state index contributed by atoms with van der Waals surface area (Å²) in [6, 6.07) is 4.57. The van der Waals surface area contributed by atoms with Crippen LogP contribution in [0.5, 0.6) is 5.75 Å². The molecule has 2 aromatic rings. The Morgan fingerprint density at radius 2 is 2.21 bits per heavy atom. The van der Waals surface area contributed by atoms with E-state index in [0.717, 1.165) is 37.4 Å². The predicted molar refractivity (Wildman–Crippen MR) is 106 cm³/mol. The van der Waals surface area contributed by atoms with Gasteiger partial charge in [0.25, 0.3) is 0 Å². The number of hydrogen-bond donors (Lipinski definition) is 0. The Hall–Kier alpha value is -2.21. The van der Waals surface area contributed by atoms with E-state index < -0.39 is 5.82 Å². The fourth-order valence-electron chi connectivity index (χ4n) is 3.73. The number of Topliss-reactive ketones (excluding diaryl/α,β-unsaturated/α-hetero) is 1. The zero-order chi connectivity index (χ0) is 20.3. The van der Waals surface area contributed by atoms with Crippen LogP contribution in [0, 0.1) is 24.6 Å². The molecule has 0 saturated carbocycles. The van der Waals surface area contributed by atoms with E-state index in [9.17, 15) is 9.18 Å². The molecule has 0 bridgehead atoms. The Bertz CT molecular complexity index is 831. The monoisotopic (exact) mass is 388 g/mol. The number of rotatable bonds is 7. The van der Waals surface area contributed by atoms with E-state index >= 15 is 0 Å². The van der Waals surface area contributed by atoms with Gasteiger partial charge in [-0.15, -0.1) is 0 Å². The maximum Gasteiger partial charge on any atom is 0.226 e. The number of benzene rings is 1. The smallest absolute Gasteiger partial charge is 0.226 e. The van der Waals surface area contributed by atoms with E-state index in [1.54, 1.807) is 12.1 Å². The van der Waals surface area contributed by atoms with Crippen molar-refractivity contribution in [2.75, 3.05) is 20.2 Å². The zero-order valence-electron chi connectivity index (χ0n) is 17.1. The maximum atomic E-state index is 13.6. The van der Waals surface area contributed by atoms with Crippen molar-refractivity contribution in [2.24, 2.45) is 11.8 Å². The van der Waals surface area contributed by atoms with Crippen LogP contribution in [0.15, 0.2) is 22.6 Å². The molecule has 1 aliphatic heterocycles. The Balaban J connectivity index is 1.71. The summed E-state index contributed by atoms with van der Waals surface area (Å²) in [5.74, 6) is 1.83. The van der Waals surface area contributed by atoms with Crippen LogP contribution in [0.1, 0.15) is 44.6 Å². The molecule has 0 aliphatic carbocycles. The van der Waals surface area contributed by atoms with E-state index in [2.05, 4.69) is 23.7 Å². The third kappa shape index (κ3) is 4.79. The van der Waals surface area contributed by atoms with Gasteiger partial charge >= 0.3 is 0 Å². The van der Waals surface area contributed by atoms with Crippen molar-refractivity contribution in [3.05, 3.63) is 35.5 Å². The molecule has 6 heteroatoms. The molecule has 1 aromatic carbocycles. The summed E-state index contributed by atoms with van der Waals surface area (Å²) in [7, 11) is 1.43. The number of nitrogens with zero attached hydrogens (tertiary/aromatic N) is 2. The molecule has 28 heavy (non-hydrogen) atoms. The molecular weight excluding hydrogens is 359 g/mol. The average Bonchev–Trinajstić information content (AvgIpc) is 3.02. The van der Waals surface area contributed by atoms with Gasteiger partial charge in [0.15, 0.2) is 11.6 Å². The first kappa shape index (κ1) is 20.5. The summed E-state index contributed by atoms with van der Waals surface area (Å²) in [5, 5.41) is 0. The minimum Gasteiger partial charge on any atom is -0.494 e. The minimum atomic E-state index is -0.417. The predicted octanol–water partition coefficient (Wildman–Crippen LogP) is 4.62. The van der Waals surface area contributed by atoms with Gasteiger partial charge in [-0.2, -0.15) is 0 Å². The quantitative estimate of drug-likeness (QED) is 0.692. The van der Waals surface area contributed by atoms with Crippen LogP contribution in [0.4, 0.5) is 4.39 Å². The van der Waals surface area contributed by atoms with Gasteiger partial charge < -0.3 is 9.15 Å². The standard InChI is InChI=1S/C22H29FN2O3/c1-14(2)10-20(26)17-6-5-9-25(12-17)13-19-15(3)28-22(24-19)16-7-8-18(23)21(11-16)27-4/h7-8,11,14,17H,5-6,9-10,12-13H2,1-4H3. The summed E-state index contributed by atoms with van der Waals surface area (Å²) in [6.45, 7) is 8.44. The normalized spacial score (nSPS) is 17.9. The van der Waals surface area contributed by atoms with Gasteiger partial charge in [0.2, 0.25) is 5.89 Å². The average molecular weight is 388 g/mol. The van der Waals surface area contributed by atoms with Gasteiger partial charge in [-0.1, -0.05) is 13.8 Å². The molecule has 0 N–H and O–H groups in total. The van der Waals surface area contributed by atoms with Gasteiger partial charge in [-0.05, 0) is 50.4 Å². The lowest BCUT2D eigenvalue weighted by atomic mass is 9.89. The summed E-state index contributed by atoms with van der Waals surface area (Å²) >= 11 is 0. The molecule has 1 unspecified atom stereocenters. The number of ether oxygens (including phenoxy) is 1. The highest BCUT2D eigenvalue weighted by Crippen LogP contribution is 2.28. The number of oxazole rings is 1. The number of halogens is 1. The molecule has 2 heterocycles. The van der Waals surface area contributed by atoms with Gasteiger partial charge in [0.1, 0.15) is 11.5 Å². The number of hydrogen-bond acceptors (Lipinski definition) is 5. The van der Waals surface area contributed by atoms with E-state index in [0.29, 0.717) is 36.1 Å². The highest BCUT2D eigenvalue weighted by molar-refractivity contribution is 5.81. The Labute approximate surface area is 165 Å². The van der Waals surface area contributed by atoms with Crippen molar-refractivity contribution in [2.45, 2.75) is 46.6 Å². The molecule has 1 saturated heterocycles. The van der Waals surface area contributed by atoms with Gasteiger partial charge in [-0.3, -0.25) is 9.69 Å². The van der Waals surface area contributed by atoms with Crippen LogP contribution >= 0.6 is 0 Å². The first-order valence-electron chi connectivity index (χ1n) is 9.92. The molecule has 3 rings (SSSR count). The number of carbonyl (C=O) groups is 1. The van der Waals surface area contributed by atoms with Crippen LogP contribution < -0.4 is 4.74 Å². The van der Waals surface area contributed by atoms with Crippen LogP contribution in [0.25, 0.3) is 11.5 Å². The van der Waals surface area contributed by atoms with E-state index in [1.165, 1.54) is 13.2 Å². The topological polar surface area (TPSA) is 55.6 Å². The van der Waals surface area contributed by atoms with Gasteiger partial charge in [0.05, 0.1) is 12.8 Å². The van der Waals surface area contributed by atoms with Crippen molar-refractivity contribution in [1.29, 1.82) is 0 Å². The van der Waals surface area contributed by atoms with E-state index in [-0.39, 0.29) is 11.7 Å². The Morgan fingerprint density at radius 1 is 1.43 bits per heavy atom. The molecule has 5 nitrogen and oxygen atoms in total. The first-order valence-corrected chi connectivity index (χ1v) is 9.92. The third-order valence-corrected chi connectivity index (χ3v) is 5.23. The number of ketones is 1. The number of carbonyl (C=O) groups excluding carboxylic acids is 1. The van der Waals surface area contributed by atoms with Crippen LogP contribution in [-0.2, 0) is 11.3 Å². The molecule has 0 amide bonds. The maximum absolute atomic E-state index is 13.6. The highest BCUT2D eigenvalue weighted by Gasteiger charge is 2.27. The van der Waals surface area contributed by atoms with Crippen molar-refractivity contribution in [3.8, 4) is 17.2 Å². The molecule has 0 radical (unpaired) electrons. The molecule has 1 aromatic heterocycles. The second-order valence-corrected chi connectivity index (χ2v) is 8.01. The van der Waals surface area contributed by atoms with Crippen LogP contribution in [0.2, 0.25) is 0 Å². The molecule has 1 fully saturated rings. The van der Waals surface area contributed by atoms with Crippen molar-refractivity contribution < 1.29 is 18.3 Å². The second-order valence-electron chi connectivity index (χ2n) is 8.01. The summed E-state index contributed by atoms with van der Waals surface area (Å²) in [5.41, 5.74) is 1.53. The second kappa shape index (κ2) is 8.86. The lowest BCUT2D eigenvalue weighted by molar-refractivity contribution is -0.125. The minimum absolute atomic E-state index is 0.115. The number of methoxy groups -OCH3 is 1. The number of aryl methyl sites for hydroxylation is 1. The van der Waals surface area contributed by atoms with E-state index in [4.69, 9.17) is 9.15 Å². The van der Waals surface area contributed by atoms with Gasteiger partial charge in [0, 0.05) is 31.0 Å². The van der Waals surface area contributed by atoms with Crippen LogP contribution in [-0.4, -0.2) is 35.9 Å². The number of aromatic nitrogens is 1. The summed E-state index contributed by atoms with van der Waals surface area (Å²) < 4.78 is 24.5. The third-order valence-electron chi connectivity index (χ3n) is 5.23. The fraction of sp³-hybridized carbons (Fsp3) is 0.545. The summed E-state index contributed by atoms with van der Waals surface area (Å²) in [6.07, 6.45) is 2.64. The lowest BCUT2D eigenvalue weighted by Crippen LogP contribution is -2.38. The largest absolute Gasteiger partial charge is 0.494 e. The van der Waals surface area contributed by atoms with Crippen molar-refractivity contribution >= 4 is 5.78 Å². The van der Waals surface area contributed by atoms with E-state index in [1.807, 2.05) is 6.92 Å². The molecule has 152 valence electrons. The highest BCUT2D eigenvalue weighted by atomic mass is 19.1. The molecule has 1 aliphatic rings. The lowest BCUT2D eigenvalue weighted by Gasteiger charge is -2.31. The van der Waals surface area contributed by atoms with Crippen LogP contribution in [0.3, 0.4) is 0 Å². The first-order chi connectivity index (χ1) is 13.4. The van der Waals surface area contributed by atoms with Gasteiger partial charge in [-0.25, -0.2) is 9.37 Å². The molecular formula is C22H29FN2O3. The Morgan fingerprint density at radius 3 is 2.93 bits per heavy atom. The number of piperidine rings is 1. The Kier molecular flexibility index (Phi) is 6.50. The SMILES string of the molecule is COc1cc(-c2nc(CN3CCCC(C(=O)CC(C)C)C3)c(C)o2)ccc1F.